The highest BCUT2D eigenvalue weighted by atomic mass is 32.2. The number of rotatable bonds is 3. The van der Waals surface area contributed by atoms with Gasteiger partial charge < -0.3 is 0 Å². The number of sulfonamides is 1. The Morgan fingerprint density at radius 3 is 2.24 bits per heavy atom. The van der Waals surface area contributed by atoms with E-state index in [4.69, 9.17) is 5.14 Å². The molecule has 0 atom stereocenters. The maximum atomic E-state index is 13.3. The average Bonchev–Trinajstić information content (AvgIpc) is 3.00. The third-order valence-corrected chi connectivity index (χ3v) is 4.39. The molecule has 0 saturated heterocycles. The number of benzene rings is 1. The smallest absolute Gasteiger partial charge is 0.272 e. The fraction of sp³-hybridized carbons (Fsp3) is 0.0667. The van der Waals surface area contributed by atoms with E-state index in [1.807, 2.05) is 5.10 Å². The van der Waals surface area contributed by atoms with Crippen LogP contribution in [0.2, 0.25) is 0 Å². The summed E-state index contributed by atoms with van der Waals surface area (Å²) in [5.41, 5.74) is -0.608. The molecule has 3 aromatic rings. The number of alkyl halides is 3. The van der Waals surface area contributed by atoms with Crippen molar-refractivity contribution in [1.82, 2.24) is 15.2 Å². The van der Waals surface area contributed by atoms with Crippen LogP contribution in [-0.2, 0) is 16.2 Å². The number of halogens is 3. The molecule has 0 aliphatic rings. The Bertz CT molecular complexity index is 998. The summed E-state index contributed by atoms with van der Waals surface area (Å²) in [6, 6.07) is 8.09. The first-order valence-corrected chi connectivity index (χ1v) is 8.42. The van der Waals surface area contributed by atoms with Gasteiger partial charge in [0.2, 0.25) is 10.0 Å². The molecule has 10 heteroatoms. The molecular formula is C15H11F3N4O2S. The minimum Gasteiger partial charge on any atom is -0.272 e. The molecule has 0 amide bonds. The quantitative estimate of drug-likeness (QED) is 0.742. The third kappa shape index (κ3) is 3.39. The van der Waals surface area contributed by atoms with Gasteiger partial charge in [-0.3, -0.25) is 10.1 Å². The molecule has 6 nitrogen and oxygen atoms in total. The lowest BCUT2D eigenvalue weighted by Gasteiger charge is -2.09. The number of aromatic amines is 1. The van der Waals surface area contributed by atoms with Crippen LogP contribution in [0.1, 0.15) is 5.69 Å². The molecule has 0 unspecified atom stereocenters. The summed E-state index contributed by atoms with van der Waals surface area (Å²) in [5, 5.41) is 10.8. The second kappa shape index (κ2) is 5.97. The van der Waals surface area contributed by atoms with Crippen LogP contribution in [0, 0.1) is 0 Å². The highest BCUT2D eigenvalue weighted by molar-refractivity contribution is 7.89. The van der Waals surface area contributed by atoms with Crippen molar-refractivity contribution in [3.63, 3.8) is 0 Å². The number of aromatic nitrogens is 3. The molecule has 3 rings (SSSR count). The Morgan fingerprint density at radius 1 is 1.04 bits per heavy atom. The number of pyridine rings is 1. The number of primary sulfonamides is 1. The van der Waals surface area contributed by atoms with Gasteiger partial charge in [0.15, 0.2) is 0 Å². The molecular weight excluding hydrogens is 357 g/mol. The maximum Gasteiger partial charge on any atom is 0.433 e. The van der Waals surface area contributed by atoms with Gasteiger partial charge in [-0.2, -0.15) is 18.3 Å². The molecule has 3 N–H and O–H groups in total. The predicted octanol–water partition coefficient (Wildman–Crippen LogP) is 2.80. The van der Waals surface area contributed by atoms with Crippen molar-refractivity contribution in [3.05, 3.63) is 54.5 Å². The molecule has 0 spiro atoms. The Kier molecular flexibility index (Phi) is 4.09. The van der Waals surface area contributed by atoms with Crippen LogP contribution < -0.4 is 5.14 Å². The standard InChI is InChI=1S/C15H11F3N4O2S/c16-15(17,18)14-12(10-2-1-7-20-8-10)13(21-22-14)9-3-5-11(6-4-9)25(19,23)24/h1-8H,(H,21,22)(H2,19,23,24). The van der Waals surface area contributed by atoms with Crippen LogP contribution in [0.15, 0.2) is 53.7 Å². The topological polar surface area (TPSA) is 102 Å². The van der Waals surface area contributed by atoms with E-state index in [0.717, 1.165) is 0 Å². The Labute approximate surface area is 140 Å². The van der Waals surface area contributed by atoms with Gasteiger partial charge in [0, 0.05) is 29.1 Å². The highest BCUT2D eigenvalue weighted by Crippen LogP contribution is 2.40. The van der Waals surface area contributed by atoms with Gasteiger partial charge in [0.25, 0.3) is 0 Å². The number of nitrogens with one attached hydrogen (secondary N) is 1. The van der Waals surface area contributed by atoms with E-state index in [-0.39, 0.29) is 21.7 Å². The van der Waals surface area contributed by atoms with Crippen molar-refractivity contribution in [1.29, 1.82) is 0 Å². The fourth-order valence-corrected chi connectivity index (χ4v) is 2.87. The number of nitrogens with two attached hydrogens (primary N) is 1. The maximum absolute atomic E-state index is 13.3. The van der Waals surface area contributed by atoms with E-state index in [0.29, 0.717) is 5.56 Å². The van der Waals surface area contributed by atoms with Gasteiger partial charge in [-0.05, 0) is 18.2 Å². The molecule has 0 bridgehead atoms. The minimum atomic E-state index is -4.64. The van der Waals surface area contributed by atoms with E-state index in [1.54, 1.807) is 0 Å². The molecule has 0 aliphatic heterocycles. The number of nitrogens with zero attached hydrogens (tertiary/aromatic N) is 2. The van der Waals surface area contributed by atoms with Crippen molar-refractivity contribution < 1.29 is 21.6 Å². The predicted molar refractivity (Wildman–Crippen MR) is 83.6 cm³/mol. The molecule has 0 fully saturated rings. The van der Waals surface area contributed by atoms with Crippen molar-refractivity contribution in [2.75, 3.05) is 0 Å². The third-order valence-electron chi connectivity index (χ3n) is 3.46. The zero-order valence-corrected chi connectivity index (χ0v) is 13.3. The lowest BCUT2D eigenvalue weighted by Crippen LogP contribution is -2.11. The summed E-state index contributed by atoms with van der Waals surface area (Å²) in [6.07, 6.45) is -1.91. The van der Waals surface area contributed by atoms with Crippen LogP contribution >= 0.6 is 0 Å². The van der Waals surface area contributed by atoms with Crippen molar-refractivity contribution in [3.8, 4) is 22.4 Å². The van der Waals surface area contributed by atoms with E-state index in [1.165, 1.54) is 48.8 Å². The molecule has 0 saturated carbocycles. The zero-order valence-electron chi connectivity index (χ0n) is 12.4. The first kappa shape index (κ1) is 17.1. The van der Waals surface area contributed by atoms with Gasteiger partial charge in [0.05, 0.1) is 4.90 Å². The molecule has 130 valence electrons. The van der Waals surface area contributed by atoms with Gasteiger partial charge in [0.1, 0.15) is 11.4 Å². The van der Waals surface area contributed by atoms with E-state index < -0.39 is 21.9 Å². The van der Waals surface area contributed by atoms with Gasteiger partial charge in [-0.1, -0.05) is 18.2 Å². The Morgan fingerprint density at radius 2 is 1.72 bits per heavy atom. The summed E-state index contributed by atoms with van der Waals surface area (Å²) >= 11 is 0. The summed E-state index contributed by atoms with van der Waals surface area (Å²) in [5.74, 6) is 0. The molecule has 25 heavy (non-hydrogen) atoms. The first-order valence-electron chi connectivity index (χ1n) is 6.87. The van der Waals surface area contributed by atoms with Crippen LogP contribution in [0.5, 0.6) is 0 Å². The molecule has 2 aromatic heterocycles. The molecule has 0 radical (unpaired) electrons. The monoisotopic (exact) mass is 368 g/mol. The van der Waals surface area contributed by atoms with Crippen LogP contribution in [0.3, 0.4) is 0 Å². The first-order chi connectivity index (χ1) is 11.7. The van der Waals surface area contributed by atoms with E-state index in [2.05, 4.69) is 10.1 Å². The second-order valence-corrected chi connectivity index (χ2v) is 6.69. The van der Waals surface area contributed by atoms with Gasteiger partial charge in [-0.25, -0.2) is 13.6 Å². The molecule has 1 aromatic carbocycles. The summed E-state index contributed by atoms with van der Waals surface area (Å²) in [6.45, 7) is 0. The lowest BCUT2D eigenvalue weighted by atomic mass is 10.00. The number of H-pyrrole nitrogens is 1. The molecule has 2 heterocycles. The summed E-state index contributed by atoms with van der Waals surface area (Å²) in [7, 11) is -3.90. The highest BCUT2D eigenvalue weighted by Gasteiger charge is 2.38. The SMILES string of the molecule is NS(=O)(=O)c1ccc(-c2n[nH]c(C(F)(F)F)c2-c2cccnc2)cc1. The van der Waals surface area contributed by atoms with Crippen LogP contribution in [0.4, 0.5) is 13.2 Å². The zero-order chi connectivity index (χ0) is 18.2. The van der Waals surface area contributed by atoms with Crippen LogP contribution in [0.25, 0.3) is 22.4 Å². The summed E-state index contributed by atoms with van der Waals surface area (Å²) < 4.78 is 62.5. The van der Waals surface area contributed by atoms with E-state index in [9.17, 15) is 21.6 Å². The number of hydrogen-bond donors (Lipinski definition) is 2. The Hall–Kier alpha value is -2.72. The largest absolute Gasteiger partial charge is 0.433 e. The average molecular weight is 368 g/mol. The minimum absolute atomic E-state index is 0.0290. The second-order valence-electron chi connectivity index (χ2n) is 5.13. The van der Waals surface area contributed by atoms with Crippen molar-refractivity contribution in [2.45, 2.75) is 11.1 Å². The number of hydrogen-bond acceptors (Lipinski definition) is 4. The van der Waals surface area contributed by atoms with Crippen molar-refractivity contribution in [2.24, 2.45) is 5.14 Å². The normalized spacial score (nSPS) is 12.3. The van der Waals surface area contributed by atoms with Crippen LogP contribution in [-0.4, -0.2) is 23.6 Å². The van der Waals surface area contributed by atoms with Crippen molar-refractivity contribution >= 4 is 10.0 Å². The molecule has 0 aliphatic carbocycles. The fourth-order valence-electron chi connectivity index (χ4n) is 2.35. The van der Waals surface area contributed by atoms with Gasteiger partial charge >= 0.3 is 6.18 Å². The van der Waals surface area contributed by atoms with E-state index >= 15 is 0 Å². The Balaban J connectivity index is 2.19. The lowest BCUT2D eigenvalue weighted by molar-refractivity contribution is -0.140. The summed E-state index contributed by atoms with van der Waals surface area (Å²) in [4.78, 5) is 3.69. The van der Waals surface area contributed by atoms with Gasteiger partial charge in [-0.15, -0.1) is 0 Å².